The van der Waals surface area contributed by atoms with Crippen LogP contribution in [0, 0.1) is 0 Å². The SMILES string of the molecule is COCC(N)c1noc(CNC(=O)NC(C=O)C(C)O)n1. The Hall–Kier alpha value is -2.04. The van der Waals surface area contributed by atoms with E-state index in [0.29, 0.717) is 6.29 Å². The number of aromatic nitrogens is 2. The molecule has 0 saturated heterocycles. The quantitative estimate of drug-likeness (QED) is 0.421. The van der Waals surface area contributed by atoms with Gasteiger partial charge in [0.2, 0.25) is 5.89 Å². The first-order valence-corrected chi connectivity index (χ1v) is 6.22. The van der Waals surface area contributed by atoms with Gasteiger partial charge in [0.1, 0.15) is 12.3 Å². The van der Waals surface area contributed by atoms with Crippen molar-refractivity contribution < 1.29 is 24.0 Å². The first-order chi connectivity index (χ1) is 9.97. The van der Waals surface area contributed by atoms with Crippen LogP contribution in [0.3, 0.4) is 0 Å². The Labute approximate surface area is 121 Å². The summed E-state index contributed by atoms with van der Waals surface area (Å²) in [5.74, 6) is 0.426. The fraction of sp³-hybridized carbons (Fsp3) is 0.636. The van der Waals surface area contributed by atoms with Crippen LogP contribution in [0.2, 0.25) is 0 Å². The van der Waals surface area contributed by atoms with E-state index in [0.717, 1.165) is 0 Å². The fourth-order valence-electron chi connectivity index (χ4n) is 1.37. The van der Waals surface area contributed by atoms with Crippen molar-refractivity contribution >= 4 is 12.3 Å². The molecule has 1 rings (SSSR count). The molecule has 0 aliphatic rings. The topological polar surface area (TPSA) is 153 Å². The number of urea groups is 1. The lowest BCUT2D eigenvalue weighted by atomic mass is 10.2. The fourth-order valence-corrected chi connectivity index (χ4v) is 1.37. The molecule has 10 heteroatoms. The maximum absolute atomic E-state index is 11.5. The van der Waals surface area contributed by atoms with Crippen molar-refractivity contribution in [3.8, 4) is 0 Å². The maximum Gasteiger partial charge on any atom is 0.315 e. The summed E-state index contributed by atoms with van der Waals surface area (Å²) in [7, 11) is 1.50. The third-order valence-electron chi connectivity index (χ3n) is 2.53. The second-order valence-corrected chi connectivity index (χ2v) is 4.34. The molecule has 118 valence electrons. The van der Waals surface area contributed by atoms with Gasteiger partial charge in [0, 0.05) is 7.11 Å². The Kier molecular flexibility index (Phi) is 6.72. The molecule has 1 heterocycles. The minimum Gasteiger partial charge on any atom is -0.391 e. The summed E-state index contributed by atoms with van der Waals surface area (Å²) < 4.78 is 9.76. The normalized spacial score (nSPS) is 15.0. The molecule has 5 N–H and O–H groups in total. The highest BCUT2D eigenvalue weighted by Gasteiger charge is 2.18. The number of carbonyl (C=O) groups is 2. The minimum absolute atomic E-state index is 0.0378. The van der Waals surface area contributed by atoms with E-state index in [9.17, 15) is 14.7 Å². The van der Waals surface area contributed by atoms with Crippen LogP contribution in [0.5, 0.6) is 0 Å². The highest BCUT2D eigenvalue weighted by atomic mass is 16.5. The first kappa shape index (κ1) is 17.0. The molecule has 1 aromatic heterocycles. The molecule has 0 spiro atoms. The predicted octanol–water partition coefficient (Wildman–Crippen LogP) is -1.54. The van der Waals surface area contributed by atoms with E-state index >= 15 is 0 Å². The molecular weight excluding hydrogens is 282 g/mol. The van der Waals surface area contributed by atoms with Gasteiger partial charge < -0.3 is 35.5 Å². The van der Waals surface area contributed by atoms with E-state index in [1.54, 1.807) is 0 Å². The molecule has 3 atom stereocenters. The van der Waals surface area contributed by atoms with Crippen molar-refractivity contribution in [3.63, 3.8) is 0 Å². The van der Waals surface area contributed by atoms with Crippen molar-refractivity contribution in [1.82, 2.24) is 20.8 Å². The average Bonchev–Trinajstić information content (AvgIpc) is 2.91. The van der Waals surface area contributed by atoms with E-state index in [1.807, 2.05) is 0 Å². The van der Waals surface area contributed by atoms with E-state index < -0.39 is 24.2 Å². The molecule has 0 saturated carbocycles. The molecular formula is C11H19N5O5. The Morgan fingerprint density at radius 3 is 2.90 bits per heavy atom. The van der Waals surface area contributed by atoms with Crippen LogP contribution in [0.1, 0.15) is 24.7 Å². The summed E-state index contributed by atoms with van der Waals surface area (Å²) in [6.07, 6.45) is -0.547. The number of hydrogen-bond acceptors (Lipinski definition) is 8. The molecule has 0 bridgehead atoms. The van der Waals surface area contributed by atoms with Crippen LogP contribution in [0.15, 0.2) is 4.52 Å². The summed E-state index contributed by atoms with van der Waals surface area (Å²) >= 11 is 0. The van der Waals surface area contributed by atoms with Crippen molar-refractivity contribution in [2.45, 2.75) is 31.7 Å². The molecule has 0 aromatic carbocycles. The highest BCUT2D eigenvalue weighted by molar-refractivity contribution is 5.78. The van der Waals surface area contributed by atoms with Gasteiger partial charge in [-0.3, -0.25) is 0 Å². The van der Waals surface area contributed by atoms with Gasteiger partial charge in [-0.1, -0.05) is 5.16 Å². The Morgan fingerprint density at radius 2 is 2.33 bits per heavy atom. The van der Waals surface area contributed by atoms with Gasteiger partial charge in [-0.15, -0.1) is 0 Å². The molecule has 0 aliphatic carbocycles. The summed E-state index contributed by atoms with van der Waals surface area (Å²) in [6, 6.07) is -2.15. The van der Waals surface area contributed by atoms with Crippen molar-refractivity contribution in [3.05, 3.63) is 11.7 Å². The average molecular weight is 301 g/mol. The second-order valence-electron chi connectivity index (χ2n) is 4.34. The summed E-state index contributed by atoms with van der Waals surface area (Å²) in [5.41, 5.74) is 5.72. The van der Waals surface area contributed by atoms with Crippen LogP contribution in [0.4, 0.5) is 4.79 Å². The molecule has 2 amide bonds. The van der Waals surface area contributed by atoms with Gasteiger partial charge in [0.25, 0.3) is 0 Å². The van der Waals surface area contributed by atoms with E-state index in [1.165, 1.54) is 14.0 Å². The third-order valence-corrected chi connectivity index (χ3v) is 2.53. The van der Waals surface area contributed by atoms with Gasteiger partial charge in [0.15, 0.2) is 5.82 Å². The van der Waals surface area contributed by atoms with Gasteiger partial charge in [-0.2, -0.15) is 4.98 Å². The number of nitrogens with one attached hydrogen (secondary N) is 2. The summed E-state index contributed by atoms with van der Waals surface area (Å²) in [4.78, 5) is 26.1. The number of nitrogens with zero attached hydrogens (tertiary/aromatic N) is 2. The number of ether oxygens (including phenoxy) is 1. The molecule has 1 aromatic rings. The molecule has 21 heavy (non-hydrogen) atoms. The largest absolute Gasteiger partial charge is 0.391 e. The Balaban J connectivity index is 2.44. The number of aldehydes is 1. The predicted molar refractivity (Wildman–Crippen MR) is 70.0 cm³/mol. The van der Waals surface area contributed by atoms with Gasteiger partial charge in [0.05, 0.1) is 25.3 Å². The van der Waals surface area contributed by atoms with Gasteiger partial charge >= 0.3 is 6.03 Å². The minimum atomic E-state index is -0.990. The first-order valence-electron chi connectivity index (χ1n) is 6.22. The smallest absolute Gasteiger partial charge is 0.315 e. The van der Waals surface area contributed by atoms with E-state index in [4.69, 9.17) is 15.0 Å². The summed E-state index contributed by atoms with van der Waals surface area (Å²) in [5, 5.41) is 17.6. The number of rotatable bonds is 8. The lowest BCUT2D eigenvalue weighted by molar-refractivity contribution is -0.111. The number of carbonyl (C=O) groups excluding carboxylic acids is 2. The highest BCUT2D eigenvalue weighted by Crippen LogP contribution is 2.06. The number of aliphatic hydroxyl groups excluding tert-OH is 1. The molecule has 0 fully saturated rings. The zero-order chi connectivity index (χ0) is 15.8. The lowest BCUT2D eigenvalue weighted by Gasteiger charge is -2.15. The third kappa shape index (κ3) is 5.45. The lowest BCUT2D eigenvalue weighted by Crippen LogP contribution is -2.47. The van der Waals surface area contributed by atoms with E-state index in [2.05, 4.69) is 20.8 Å². The van der Waals surface area contributed by atoms with Crippen LogP contribution >= 0.6 is 0 Å². The van der Waals surface area contributed by atoms with Crippen molar-refractivity contribution in [1.29, 1.82) is 0 Å². The molecule has 3 unspecified atom stereocenters. The van der Waals surface area contributed by atoms with Gasteiger partial charge in [-0.05, 0) is 6.92 Å². The van der Waals surface area contributed by atoms with Crippen molar-refractivity contribution in [2.24, 2.45) is 5.73 Å². The maximum atomic E-state index is 11.5. The van der Waals surface area contributed by atoms with Crippen LogP contribution in [0.25, 0.3) is 0 Å². The van der Waals surface area contributed by atoms with Crippen molar-refractivity contribution in [2.75, 3.05) is 13.7 Å². The second kappa shape index (κ2) is 8.29. The van der Waals surface area contributed by atoms with Crippen LogP contribution < -0.4 is 16.4 Å². The molecule has 10 nitrogen and oxygen atoms in total. The zero-order valence-electron chi connectivity index (χ0n) is 11.8. The number of aliphatic hydroxyl groups is 1. The zero-order valence-corrected chi connectivity index (χ0v) is 11.8. The molecule has 0 aliphatic heterocycles. The number of hydrogen-bond donors (Lipinski definition) is 4. The molecule has 0 radical (unpaired) electrons. The monoisotopic (exact) mass is 301 g/mol. The number of nitrogens with two attached hydrogens (primary N) is 1. The Bertz CT molecular complexity index is 464. The number of amides is 2. The van der Waals surface area contributed by atoms with Crippen LogP contribution in [-0.4, -0.2) is 53.4 Å². The summed E-state index contributed by atoms with van der Waals surface area (Å²) in [6.45, 7) is 1.59. The Morgan fingerprint density at radius 1 is 1.62 bits per heavy atom. The van der Waals surface area contributed by atoms with Crippen LogP contribution in [-0.2, 0) is 16.1 Å². The van der Waals surface area contributed by atoms with E-state index in [-0.39, 0.29) is 24.9 Å². The standard InChI is InChI=1S/C11H19N5O5/c1-6(18)8(4-17)14-11(19)13-3-9-15-10(16-21-9)7(12)5-20-2/h4,6-8,18H,3,5,12H2,1-2H3,(H2,13,14,19). The van der Waals surface area contributed by atoms with Gasteiger partial charge in [-0.25, -0.2) is 4.79 Å². The number of methoxy groups -OCH3 is 1.